The summed E-state index contributed by atoms with van der Waals surface area (Å²) in [4.78, 5) is 11.0. The first-order chi connectivity index (χ1) is 13.0. The summed E-state index contributed by atoms with van der Waals surface area (Å²) in [5.74, 6) is -0.235. The maximum Gasteiger partial charge on any atom is 0.337 e. The number of aryl methyl sites for hydroxylation is 1. The number of halogens is 1. The molecular weight excluding hydrogens is 362 g/mol. The zero-order chi connectivity index (χ0) is 19.2. The molecule has 0 saturated carbocycles. The van der Waals surface area contributed by atoms with Crippen LogP contribution in [0.15, 0.2) is 66.7 Å². The van der Waals surface area contributed by atoms with Crippen LogP contribution < -0.4 is 10.1 Å². The van der Waals surface area contributed by atoms with Crippen LogP contribution in [0, 0.1) is 6.92 Å². The van der Waals surface area contributed by atoms with Gasteiger partial charge in [0.15, 0.2) is 0 Å². The van der Waals surface area contributed by atoms with E-state index >= 15 is 0 Å². The van der Waals surface area contributed by atoms with Crippen LogP contribution >= 0.6 is 11.6 Å². The minimum absolute atomic E-state index is 0.0871. The molecule has 0 atom stereocenters. The number of benzene rings is 3. The Morgan fingerprint density at radius 1 is 1.07 bits per heavy atom. The Morgan fingerprint density at radius 2 is 1.89 bits per heavy atom. The molecule has 0 amide bonds. The molecule has 0 aliphatic heterocycles. The third kappa shape index (κ3) is 5.02. The molecule has 0 radical (unpaired) electrons. The number of aromatic carboxylic acids is 1. The molecular formula is C22H20ClNO3. The monoisotopic (exact) mass is 381 g/mol. The molecule has 0 fully saturated rings. The zero-order valence-corrected chi connectivity index (χ0v) is 15.7. The van der Waals surface area contributed by atoms with Crippen molar-refractivity contribution in [1.29, 1.82) is 0 Å². The van der Waals surface area contributed by atoms with Crippen LogP contribution in [0.4, 0.5) is 5.69 Å². The standard InChI is InChI=1S/C22H20ClNO3/c1-15-5-4-6-16(11-15)14-27-21-8-3-2-7-17(21)13-24-18-9-10-19(22(25)26)20(23)12-18/h2-12,24H,13-14H2,1H3,(H,25,26). The number of carboxylic acids is 1. The molecule has 5 heteroatoms. The van der Waals surface area contributed by atoms with Gasteiger partial charge in [-0.15, -0.1) is 0 Å². The van der Waals surface area contributed by atoms with Crippen LogP contribution in [0.25, 0.3) is 0 Å². The molecule has 3 rings (SSSR count). The van der Waals surface area contributed by atoms with Crippen molar-refractivity contribution in [2.24, 2.45) is 0 Å². The van der Waals surface area contributed by atoms with Gasteiger partial charge in [-0.2, -0.15) is 0 Å². The van der Waals surface area contributed by atoms with E-state index in [0.29, 0.717) is 13.2 Å². The SMILES string of the molecule is Cc1cccc(COc2ccccc2CNc2ccc(C(=O)O)c(Cl)c2)c1. The lowest BCUT2D eigenvalue weighted by atomic mass is 10.1. The normalized spacial score (nSPS) is 10.4. The van der Waals surface area contributed by atoms with Crippen molar-refractivity contribution in [1.82, 2.24) is 0 Å². The number of hydrogen-bond donors (Lipinski definition) is 2. The Hall–Kier alpha value is -2.98. The van der Waals surface area contributed by atoms with Crippen LogP contribution in [0.1, 0.15) is 27.0 Å². The fourth-order valence-corrected chi connectivity index (χ4v) is 3.01. The van der Waals surface area contributed by atoms with Crippen molar-refractivity contribution in [3.05, 3.63) is 94.0 Å². The Kier molecular flexibility index (Phi) is 5.99. The fourth-order valence-electron chi connectivity index (χ4n) is 2.75. The summed E-state index contributed by atoms with van der Waals surface area (Å²) < 4.78 is 6.00. The van der Waals surface area contributed by atoms with E-state index in [0.717, 1.165) is 22.6 Å². The molecule has 0 bridgehead atoms. The van der Waals surface area contributed by atoms with Gasteiger partial charge in [0.25, 0.3) is 0 Å². The molecule has 3 aromatic rings. The second kappa shape index (κ2) is 8.60. The average molecular weight is 382 g/mol. The lowest BCUT2D eigenvalue weighted by Gasteiger charge is -2.13. The lowest BCUT2D eigenvalue weighted by Crippen LogP contribution is -2.04. The number of carboxylic acid groups (broad SMARTS) is 1. The number of rotatable bonds is 7. The first kappa shape index (κ1) is 18.8. The largest absolute Gasteiger partial charge is 0.489 e. The Balaban J connectivity index is 1.67. The molecule has 3 aromatic carbocycles. The zero-order valence-electron chi connectivity index (χ0n) is 14.9. The second-order valence-electron chi connectivity index (χ2n) is 6.24. The maximum absolute atomic E-state index is 11.0. The van der Waals surface area contributed by atoms with Crippen LogP contribution in [0.5, 0.6) is 5.75 Å². The van der Waals surface area contributed by atoms with Crippen LogP contribution in [-0.2, 0) is 13.2 Å². The van der Waals surface area contributed by atoms with Crippen molar-refractivity contribution in [3.8, 4) is 5.75 Å². The molecule has 0 aliphatic carbocycles. The summed E-state index contributed by atoms with van der Waals surface area (Å²) in [6, 6.07) is 20.9. The summed E-state index contributed by atoms with van der Waals surface area (Å²) in [6.07, 6.45) is 0. The summed E-state index contributed by atoms with van der Waals surface area (Å²) in [6.45, 7) is 3.09. The van der Waals surface area contributed by atoms with Crippen molar-refractivity contribution in [2.75, 3.05) is 5.32 Å². The highest BCUT2D eigenvalue weighted by Gasteiger charge is 2.09. The first-order valence-electron chi connectivity index (χ1n) is 8.56. The first-order valence-corrected chi connectivity index (χ1v) is 8.93. The van der Waals surface area contributed by atoms with Gasteiger partial charge in [0.05, 0.1) is 10.6 Å². The predicted molar refractivity (Wildman–Crippen MR) is 108 cm³/mol. The summed E-state index contributed by atoms with van der Waals surface area (Å²) in [7, 11) is 0. The topological polar surface area (TPSA) is 58.6 Å². The molecule has 0 aliphatic rings. The lowest BCUT2D eigenvalue weighted by molar-refractivity contribution is 0.0697. The smallest absolute Gasteiger partial charge is 0.337 e. The van der Waals surface area contributed by atoms with Gasteiger partial charge in [-0.05, 0) is 36.8 Å². The number of hydrogen-bond acceptors (Lipinski definition) is 3. The van der Waals surface area contributed by atoms with Gasteiger partial charge < -0.3 is 15.2 Å². The molecule has 0 aromatic heterocycles. The summed E-state index contributed by atoms with van der Waals surface area (Å²) in [5.41, 5.74) is 4.16. The van der Waals surface area contributed by atoms with Gasteiger partial charge in [0.2, 0.25) is 0 Å². The third-order valence-corrected chi connectivity index (χ3v) is 4.44. The highest BCUT2D eigenvalue weighted by Crippen LogP contribution is 2.24. The van der Waals surface area contributed by atoms with E-state index in [9.17, 15) is 4.79 Å². The van der Waals surface area contributed by atoms with Crippen LogP contribution in [0.2, 0.25) is 5.02 Å². The van der Waals surface area contributed by atoms with E-state index < -0.39 is 5.97 Å². The molecule has 0 spiro atoms. The Labute approximate surface area is 163 Å². The third-order valence-electron chi connectivity index (χ3n) is 4.13. The van der Waals surface area contributed by atoms with Crippen molar-refractivity contribution >= 4 is 23.3 Å². The van der Waals surface area contributed by atoms with Gasteiger partial charge in [0.1, 0.15) is 12.4 Å². The molecule has 138 valence electrons. The molecule has 0 unspecified atom stereocenters. The predicted octanol–water partition coefficient (Wildman–Crippen LogP) is 5.54. The van der Waals surface area contributed by atoms with Crippen LogP contribution in [0.3, 0.4) is 0 Å². The fraction of sp³-hybridized carbons (Fsp3) is 0.136. The summed E-state index contributed by atoms with van der Waals surface area (Å²) >= 11 is 6.02. The van der Waals surface area contributed by atoms with Gasteiger partial charge in [-0.3, -0.25) is 0 Å². The molecule has 0 heterocycles. The average Bonchev–Trinajstić information content (AvgIpc) is 2.65. The van der Waals surface area contributed by atoms with E-state index in [2.05, 4.69) is 24.4 Å². The molecule has 27 heavy (non-hydrogen) atoms. The second-order valence-corrected chi connectivity index (χ2v) is 6.65. The number of ether oxygens (including phenoxy) is 1. The van der Waals surface area contributed by atoms with Crippen molar-refractivity contribution in [2.45, 2.75) is 20.1 Å². The number of para-hydroxylation sites is 1. The van der Waals surface area contributed by atoms with Crippen molar-refractivity contribution in [3.63, 3.8) is 0 Å². The van der Waals surface area contributed by atoms with E-state index in [1.165, 1.54) is 11.6 Å². The van der Waals surface area contributed by atoms with Gasteiger partial charge in [0, 0.05) is 17.8 Å². The van der Waals surface area contributed by atoms with Crippen LogP contribution in [-0.4, -0.2) is 11.1 Å². The van der Waals surface area contributed by atoms with Gasteiger partial charge in [-0.25, -0.2) is 4.79 Å². The van der Waals surface area contributed by atoms with E-state index in [-0.39, 0.29) is 10.6 Å². The highest BCUT2D eigenvalue weighted by molar-refractivity contribution is 6.33. The minimum Gasteiger partial charge on any atom is -0.489 e. The number of carbonyl (C=O) groups is 1. The van der Waals surface area contributed by atoms with E-state index in [1.807, 2.05) is 36.4 Å². The Bertz CT molecular complexity index is 956. The molecule has 0 saturated heterocycles. The van der Waals surface area contributed by atoms with Crippen molar-refractivity contribution < 1.29 is 14.6 Å². The number of nitrogens with one attached hydrogen (secondary N) is 1. The maximum atomic E-state index is 11.0. The minimum atomic E-state index is -1.04. The highest BCUT2D eigenvalue weighted by atomic mass is 35.5. The quantitative estimate of drug-likeness (QED) is 0.564. The Morgan fingerprint density at radius 3 is 2.63 bits per heavy atom. The number of anilines is 1. The van der Waals surface area contributed by atoms with E-state index in [1.54, 1.807) is 12.1 Å². The molecule has 4 nitrogen and oxygen atoms in total. The molecule has 2 N–H and O–H groups in total. The van der Waals surface area contributed by atoms with E-state index in [4.69, 9.17) is 21.4 Å². The summed E-state index contributed by atoms with van der Waals surface area (Å²) in [5, 5.41) is 12.5. The van der Waals surface area contributed by atoms with Gasteiger partial charge in [-0.1, -0.05) is 59.6 Å². The van der Waals surface area contributed by atoms with Gasteiger partial charge >= 0.3 is 5.97 Å².